The smallest absolute Gasteiger partial charge is 0.119 e. The molecule has 0 aromatic heterocycles. The number of rotatable bonds is 7. The Morgan fingerprint density at radius 2 is 2.31 bits per heavy atom. The van der Waals surface area contributed by atoms with Crippen LogP contribution in [-0.2, 0) is 0 Å². The molecule has 3 N–H and O–H groups in total. The fourth-order valence-electron chi connectivity index (χ4n) is 1.33. The summed E-state index contributed by atoms with van der Waals surface area (Å²) in [4.78, 5) is 0. The topological polar surface area (TPSA) is 55.5 Å². The van der Waals surface area contributed by atoms with Crippen molar-refractivity contribution in [2.75, 3.05) is 25.2 Å². The van der Waals surface area contributed by atoms with Gasteiger partial charge in [-0.1, -0.05) is 12.1 Å². The third-order valence-electron chi connectivity index (χ3n) is 2.25. The molecule has 0 spiro atoms. The molecule has 1 rings (SSSR count). The molecule has 90 valence electrons. The second-order valence-electron chi connectivity index (χ2n) is 3.51. The molecule has 0 bridgehead atoms. The van der Waals surface area contributed by atoms with Gasteiger partial charge in [0.1, 0.15) is 5.75 Å². The highest BCUT2D eigenvalue weighted by Crippen LogP contribution is 2.22. The van der Waals surface area contributed by atoms with Gasteiger partial charge in [0.15, 0.2) is 0 Å². The molecule has 1 aromatic carbocycles. The summed E-state index contributed by atoms with van der Waals surface area (Å²) < 4.78 is 5.11. The Hall–Kier alpha value is -0.710. The summed E-state index contributed by atoms with van der Waals surface area (Å²) in [7, 11) is 1.63. The second-order valence-corrected chi connectivity index (χ2v) is 4.66. The molecule has 0 amide bonds. The van der Waals surface area contributed by atoms with Crippen LogP contribution in [0.2, 0.25) is 0 Å². The van der Waals surface area contributed by atoms with Gasteiger partial charge < -0.3 is 15.6 Å². The number of nitrogens with two attached hydrogens (primary N) is 1. The Bertz CT molecular complexity index is 307. The van der Waals surface area contributed by atoms with Crippen LogP contribution in [0.5, 0.6) is 5.75 Å². The molecule has 0 saturated heterocycles. The van der Waals surface area contributed by atoms with Crippen molar-refractivity contribution in [3.8, 4) is 5.75 Å². The van der Waals surface area contributed by atoms with Crippen molar-refractivity contribution >= 4 is 11.8 Å². The Morgan fingerprint density at radius 3 is 3.00 bits per heavy atom. The summed E-state index contributed by atoms with van der Waals surface area (Å²) in [5.74, 6) is 2.48. The molecule has 0 radical (unpaired) electrons. The van der Waals surface area contributed by atoms with Gasteiger partial charge in [-0.05, 0) is 36.4 Å². The number of aliphatic hydroxyl groups is 1. The summed E-state index contributed by atoms with van der Waals surface area (Å²) in [5.41, 5.74) is 6.30. The number of aliphatic hydroxyl groups excluding tert-OH is 1. The van der Waals surface area contributed by atoms with E-state index in [2.05, 4.69) is 0 Å². The molecule has 4 heteroatoms. The monoisotopic (exact) mass is 241 g/mol. The quantitative estimate of drug-likeness (QED) is 0.715. The molecule has 1 unspecified atom stereocenters. The van der Waals surface area contributed by atoms with Crippen molar-refractivity contribution in [2.24, 2.45) is 5.73 Å². The lowest BCUT2D eigenvalue weighted by atomic mass is 10.1. The van der Waals surface area contributed by atoms with Crippen LogP contribution in [0, 0.1) is 0 Å². The van der Waals surface area contributed by atoms with Gasteiger partial charge in [-0.2, -0.15) is 11.8 Å². The fourth-order valence-corrected chi connectivity index (χ4v) is 2.28. The van der Waals surface area contributed by atoms with E-state index < -0.39 is 6.10 Å². The third-order valence-corrected chi connectivity index (χ3v) is 3.38. The van der Waals surface area contributed by atoms with Gasteiger partial charge in [-0.3, -0.25) is 0 Å². The van der Waals surface area contributed by atoms with Gasteiger partial charge in [0.2, 0.25) is 0 Å². The zero-order chi connectivity index (χ0) is 11.8. The van der Waals surface area contributed by atoms with Gasteiger partial charge in [0.05, 0.1) is 13.2 Å². The van der Waals surface area contributed by atoms with Crippen LogP contribution in [0.25, 0.3) is 0 Å². The van der Waals surface area contributed by atoms with Crippen molar-refractivity contribution in [1.82, 2.24) is 0 Å². The van der Waals surface area contributed by atoms with Crippen molar-refractivity contribution < 1.29 is 9.84 Å². The van der Waals surface area contributed by atoms with Crippen LogP contribution in [0.4, 0.5) is 0 Å². The number of hydrogen-bond acceptors (Lipinski definition) is 4. The first kappa shape index (κ1) is 13.4. The molecule has 1 aromatic rings. The van der Waals surface area contributed by atoms with E-state index in [1.54, 1.807) is 18.9 Å². The molecule has 3 nitrogen and oxygen atoms in total. The highest BCUT2D eigenvalue weighted by Gasteiger charge is 2.07. The first-order chi connectivity index (χ1) is 7.77. The Morgan fingerprint density at radius 1 is 1.50 bits per heavy atom. The largest absolute Gasteiger partial charge is 0.497 e. The van der Waals surface area contributed by atoms with Crippen LogP contribution < -0.4 is 10.5 Å². The standard InChI is InChI=1S/C12H19NO2S/c1-15-11-5-2-4-10(8-11)12(14)9-16-7-3-6-13/h2,4-5,8,12,14H,3,6-7,9,13H2,1H3. The molecular formula is C12H19NO2S. The summed E-state index contributed by atoms with van der Waals surface area (Å²) in [6.45, 7) is 0.711. The van der Waals surface area contributed by atoms with Crippen molar-refractivity contribution in [1.29, 1.82) is 0 Å². The number of ether oxygens (including phenoxy) is 1. The lowest BCUT2D eigenvalue weighted by Gasteiger charge is -2.11. The maximum Gasteiger partial charge on any atom is 0.119 e. The lowest BCUT2D eigenvalue weighted by Crippen LogP contribution is -2.04. The number of thioether (sulfide) groups is 1. The van der Waals surface area contributed by atoms with E-state index in [0.717, 1.165) is 23.5 Å². The fraction of sp³-hybridized carbons (Fsp3) is 0.500. The Labute approximate surface area is 101 Å². The molecular weight excluding hydrogens is 222 g/mol. The minimum Gasteiger partial charge on any atom is -0.497 e. The number of hydrogen-bond donors (Lipinski definition) is 2. The highest BCUT2D eigenvalue weighted by molar-refractivity contribution is 7.99. The van der Waals surface area contributed by atoms with Crippen LogP contribution in [-0.4, -0.2) is 30.3 Å². The maximum atomic E-state index is 9.93. The molecule has 0 fully saturated rings. The molecule has 16 heavy (non-hydrogen) atoms. The lowest BCUT2D eigenvalue weighted by molar-refractivity contribution is 0.203. The molecule has 0 aliphatic heterocycles. The van der Waals surface area contributed by atoms with E-state index in [-0.39, 0.29) is 0 Å². The number of benzene rings is 1. The molecule has 1 atom stereocenters. The molecule has 0 aliphatic rings. The Balaban J connectivity index is 2.42. The van der Waals surface area contributed by atoms with E-state index in [4.69, 9.17) is 10.5 Å². The summed E-state index contributed by atoms with van der Waals surface area (Å²) in [6.07, 6.45) is 0.563. The van der Waals surface area contributed by atoms with E-state index in [1.165, 1.54) is 0 Å². The third kappa shape index (κ3) is 4.43. The number of methoxy groups -OCH3 is 1. The average molecular weight is 241 g/mol. The first-order valence-corrected chi connectivity index (χ1v) is 6.53. The highest BCUT2D eigenvalue weighted by atomic mass is 32.2. The van der Waals surface area contributed by atoms with Gasteiger partial charge in [-0.15, -0.1) is 0 Å². The van der Waals surface area contributed by atoms with Crippen LogP contribution >= 0.6 is 11.8 Å². The first-order valence-electron chi connectivity index (χ1n) is 5.37. The van der Waals surface area contributed by atoms with E-state index >= 15 is 0 Å². The Kier molecular flexibility index (Phi) is 6.30. The van der Waals surface area contributed by atoms with Crippen LogP contribution in [0.1, 0.15) is 18.1 Å². The predicted molar refractivity (Wildman–Crippen MR) is 69.0 cm³/mol. The van der Waals surface area contributed by atoms with Crippen LogP contribution in [0.15, 0.2) is 24.3 Å². The average Bonchev–Trinajstić information content (AvgIpc) is 2.34. The van der Waals surface area contributed by atoms with Gasteiger partial charge in [-0.25, -0.2) is 0 Å². The maximum absolute atomic E-state index is 9.93. The van der Waals surface area contributed by atoms with E-state index in [9.17, 15) is 5.11 Å². The molecule has 0 heterocycles. The summed E-state index contributed by atoms with van der Waals surface area (Å²) in [5, 5.41) is 9.93. The predicted octanol–water partition coefficient (Wildman–Crippen LogP) is 1.81. The van der Waals surface area contributed by atoms with Crippen molar-refractivity contribution in [3.05, 3.63) is 29.8 Å². The summed E-state index contributed by atoms with van der Waals surface area (Å²) >= 11 is 1.72. The summed E-state index contributed by atoms with van der Waals surface area (Å²) in [6, 6.07) is 7.55. The SMILES string of the molecule is COc1cccc(C(O)CSCCCN)c1. The second kappa shape index (κ2) is 7.54. The van der Waals surface area contributed by atoms with Gasteiger partial charge in [0, 0.05) is 5.75 Å². The minimum atomic E-state index is -0.433. The van der Waals surface area contributed by atoms with Gasteiger partial charge >= 0.3 is 0 Å². The molecule has 0 aliphatic carbocycles. The van der Waals surface area contributed by atoms with Gasteiger partial charge in [0.25, 0.3) is 0 Å². The zero-order valence-corrected chi connectivity index (χ0v) is 10.4. The zero-order valence-electron chi connectivity index (χ0n) is 9.56. The normalized spacial score (nSPS) is 12.4. The minimum absolute atomic E-state index is 0.433. The molecule has 0 saturated carbocycles. The van der Waals surface area contributed by atoms with Crippen molar-refractivity contribution in [3.63, 3.8) is 0 Å². The van der Waals surface area contributed by atoms with E-state index in [0.29, 0.717) is 12.3 Å². The van der Waals surface area contributed by atoms with Crippen molar-refractivity contribution in [2.45, 2.75) is 12.5 Å². The van der Waals surface area contributed by atoms with Crippen LogP contribution in [0.3, 0.4) is 0 Å². The van der Waals surface area contributed by atoms with E-state index in [1.807, 2.05) is 24.3 Å².